The van der Waals surface area contributed by atoms with Crippen LogP contribution in [0.4, 0.5) is 26.3 Å². The SMILES string of the molecule is CC(Oc1ccc(-c2nc(-c3ccc4ncnn4c3)no2)cc1C(F)(F)F)C(F)(F)F. The highest BCUT2D eigenvalue weighted by Gasteiger charge is 2.41. The zero-order valence-electron chi connectivity index (χ0n) is 15.4. The van der Waals surface area contributed by atoms with Crippen LogP contribution in [0, 0.1) is 0 Å². The molecule has 7 nitrogen and oxygen atoms in total. The van der Waals surface area contributed by atoms with Gasteiger partial charge in [-0.15, -0.1) is 0 Å². The van der Waals surface area contributed by atoms with Gasteiger partial charge in [-0.2, -0.15) is 36.4 Å². The van der Waals surface area contributed by atoms with Gasteiger partial charge in [-0.25, -0.2) is 9.50 Å². The van der Waals surface area contributed by atoms with E-state index in [1.165, 1.54) is 10.8 Å². The van der Waals surface area contributed by atoms with Crippen LogP contribution in [0.15, 0.2) is 47.4 Å². The van der Waals surface area contributed by atoms with Gasteiger partial charge in [-0.3, -0.25) is 0 Å². The second kappa shape index (κ2) is 7.25. The third-order valence-electron chi connectivity index (χ3n) is 4.25. The number of alkyl halides is 6. The van der Waals surface area contributed by atoms with E-state index in [0.29, 0.717) is 24.2 Å². The summed E-state index contributed by atoms with van der Waals surface area (Å²) in [7, 11) is 0. The van der Waals surface area contributed by atoms with Crippen molar-refractivity contribution >= 4 is 5.65 Å². The molecule has 0 aliphatic carbocycles. The van der Waals surface area contributed by atoms with Crippen molar-refractivity contribution < 1.29 is 35.6 Å². The summed E-state index contributed by atoms with van der Waals surface area (Å²) >= 11 is 0. The molecule has 13 heteroatoms. The summed E-state index contributed by atoms with van der Waals surface area (Å²) in [5, 5.41) is 7.70. The van der Waals surface area contributed by atoms with E-state index in [1.807, 2.05) is 0 Å². The summed E-state index contributed by atoms with van der Waals surface area (Å²) in [6.07, 6.45) is -9.34. The number of aromatic nitrogens is 5. The average Bonchev–Trinajstić information content (AvgIpc) is 3.35. The Morgan fingerprint density at radius 3 is 2.48 bits per heavy atom. The first-order valence-electron chi connectivity index (χ1n) is 8.61. The van der Waals surface area contributed by atoms with Crippen LogP contribution in [-0.4, -0.2) is 37.0 Å². The fourth-order valence-corrected chi connectivity index (χ4v) is 2.65. The van der Waals surface area contributed by atoms with E-state index in [0.717, 1.165) is 12.1 Å². The second-order valence-corrected chi connectivity index (χ2v) is 6.41. The van der Waals surface area contributed by atoms with Crippen molar-refractivity contribution in [1.82, 2.24) is 24.7 Å². The lowest BCUT2D eigenvalue weighted by molar-refractivity contribution is -0.191. The lowest BCUT2D eigenvalue weighted by Crippen LogP contribution is -2.31. The van der Waals surface area contributed by atoms with Gasteiger partial charge in [-0.1, -0.05) is 5.16 Å². The summed E-state index contributed by atoms with van der Waals surface area (Å²) in [6.45, 7) is 0.615. The van der Waals surface area contributed by atoms with Crippen LogP contribution in [0.2, 0.25) is 0 Å². The number of fused-ring (bicyclic) bond motifs is 1. The largest absolute Gasteiger partial charge is 0.481 e. The molecule has 1 aromatic carbocycles. The molecule has 4 aromatic rings. The molecule has 0 radical (unpaired) electrons. The third-order valence-corrected chi connectivity index (χ3v) is 4.25. The molecule has 0 aliphatic heterocycles. The van der Waals surface area contributed by atoms with Crippen molar-refractivity contribution in [2.45, 2.75) is 25.4 Å². The summed E-state index contributed by atoms with van der Waals surface area (Å²) in [6, 6.07) is 5.73. The van der Waals surface area contributed by atoms with Crippen LogP contribution in [0.25, 0.3) is 28.5 Å². The molecule has 3 heterocycles. The summed E-state index contributed by atoms with van der Waals surface area (Å²) in [4.78, 5) is 8.05. The molecule has 0 N–H and O–H groups in total. The standard InChI is InChI=1S/C18H11F6N5O2/c1-9(17(19,20)21)30-13-4-2-10(6-12(13)18(22,23)24)16-27-15(28-31-16)11-3-5-14-25-8-26-29(14)7-11/h2-9H,1H3. The molecular formula is C18H11F6N5O2. The quantitative estimate of drug-likeness (QED) is 0.422. The average molecular weight is 443 g/mol. The molecule has 162 valence electrons. The monoisotopic (exact) mass is 443 g/mol. The smallest absolute Gasteiger partial charge is 0.425 e. The van der Waals surface area contributed by atoms with Crippen molar-refractivity contribution in [2.75, 3.05) is 0 Å². The lowest BCUT2D eigenvalue weighted by Gasteiger charge is -2.20. The predicted octanol–water partition coefficient (Wildman–Crippen LogP) is 4.79. The minimum absolute atomic E-state index is 0.0759. The Hall–Kier alpha value is -3.64. The first-order chi connectivity index (χ1) is 14.5. The van der Waals surface area contributed by atoms with Crippen molar-refractivity contribution in [2.24, 2.45) is 0 Å². The van der Waals surface area contributed by atoms with Crippen LogP contribution in [0.3, 0.4) is 0 Å². The number of rotatable bonds is 4. The maximum absolute atomic E-state index is 13.4. The first-order valence-corrected chi connectivity index (χ1v) is 8.61. The Bertz CT molecular complexity index is 1230. The molecule has 0 amide bonds. The normalized spacial score (nSPS) is 13.5. The van der Waals surface area contributed by atoms with Crippen molar-refractivity contribution in [3.63, 3.8) is 0 Å². The van der Waals surface area contributed by atoms with Gasteiger partial charge in [0.25, 0.3) is 5.89 Å². The highest BCUT2D eigenvalue weighted by molar-refractivity contribution is 5.62. The molecule has 4 rings (SSSR count). The fourth-order valence-electron chi connectivity index (χ4n) is 2.65. The van der Waals surface area contributed by atoms with Crippen molar-refractivity contribution in [1.29, 1.82) is 0 Å². The van der Waals surface area contributed by atoms with Gasteiger partial charge in [-0.05, 0) is 37.3 Å². The van der Waals surface area contributed by atoms with E-state index >= 15 is 0 Å². The summed E-state index contributed by atoms with van der Waals surface area (Å²) in [5.41, 5.74) is -0.515. The molecule has 1 atom stereocenters. The molecule has 0 aliphatic rings. The number of pyridine rings is 1. The lowest BCUT2D eigenvalue weighted by atomic mass is 10.1. The molecule has 3 aromatic heterocycles. The predicted molar refractivity (Wildman–Crippen MR) is 92.9 cm³/mol. The van der Waals surface area contributed by atoms with E-state index in [1.54, 1.807) is 18.3 Å². The maximum Gasteiger partial charge on any atom is 0.425 e. The number of hydrogen-bond donors (Lipinski definition) is 0. The number of benzene rings is 1. The van der Waals surface area contributed by atoms with Crippen molar-refractivity contribution in [3.8, 4) is 28.6 Å². The van der Waals surface area contributed by atoms with Gasteiger partial charge in [0.1, 0.15) is 12.1 Å². The molecule has 31 heavy (non-hydrogen) atoms. The first kappa shape index (κ1) is 20.6. The molecule has 0 bridgehead atoms. The minimum atomic E-state index is -4.97. The van der Waals surface area contributed by atoms with Crippen LogP contribution < -0.4 is 4.74 Å². The number of hydrogen-bond acceptors (Lipinski definition) is 6. The maximum atomic E-state index is 13.4. The zero-order valence-corrected chi connectivity index (χ0v) is 15.4. The Kier molecular flexibility index (Phi) is 4.82. The molecule has 0 spiro atoms. The van der Waals surface area contributed by atoms with Gasteiger partial charge >= 0.3 is 12.4 Å². The van der Waals surface area contributed by atoms with Crippen LogP contribution in [-0.2, 0) is 6.18 Å². The van der Waals surface area contributed by atoms with Crippen molar-refractivity contribution in [3.05, 3.63) is 48.4 Å². The Labute approximate surface area is 169 Å². The third kappa shape index (κ3) is 4.15. The summed E-state index contributed by atoms with van der Waals surface area (Å²) in [5.74, 6) is -1.14. The van der Waals surface area contributed by atoms with E-state index in [4.69, 9.17) is 4.52 Å². The van der Waals surface area contributed by atoms with E-state index in [2.05, 4.69) is 25.0 Å². The van der Waals surface area contributed by atoms with E-state index < -0.39 is 29.8 Å². The molecule has 0 saturated heterocycles. The molecule has 1 unspecified atom stereocenters. The van der Waals surface area contributed by atoms with Gasteiger partial charge < -0.3 is 9.26 Å². The van der Waals surface area contributed by atoms with Crippen LogP contribution in [0.5, 0.6) is 5.75 Å². The van der Waals surface area contributed by atoms with Crippen LogP contribution in [0.1, 0.15) is 12.5 Å². The van der Waals surface area contributed by atoms with Crippen LogP contribution >= 0.6 is 0 Å². The Morgan fingerprint density at radius 2 is 1.77 bits per heavy atom. The highest BCUT2D eigenvalue weighted by Crippen LogP contribution is 2.40. The second-order valence-electron chi connectivity index (χ2n) is 6.41. The number of halogens is 6. The molecule has 0 saturated carbocycles. The molecular weight excluding hydrogens is 432 g/mol. The fraction of sp³-hybridized carbons (Fsp3) is 0.222. The zero-order chi connectivity index (χ0) is 22.4. The highest BCUT2D eigenvalue weighted by atomic mass is 19.4. The summed E-state index contributed by atoms with van der Waals surface area (Å²) < 4.78 is 89.4. The Balaban J connectivity index is 1.68. The number of ether oxygens (including phenoxy) is 1. The van der Waals surface area contributed by atoms with Gasteiger partial charge in [0.05, 0.1) is 5.56 Å². The number of nitrogens with zero attached hydrogens (tertiary/aromatic N) is 5. The van der Waals surface area contributed by atoms with Gasteiger partial charge in [0.15, 0.2) is 11.8 Å². The molecule has 0 fully saturated rings. The van der Waals surface area contributed by atoms with E-state index in [9.17, 15) is 26.3 Å². The van der Waals surface area contributed by atoms with E-state index in [-0.39, 0.29) is 17.3 Å². The van der Waals surface area contributed by atoms with Gasteiger partial charge in [0, 0.05) is 17.3 Å². The van der Waals surface area contributed by atoms with Gasteiger partial charge in [0.2, 0.25) is 5.82 Å². The topological polar surface area (TPSA) is 78.3 Å². The Morgan fingerprint density at radius 1 is 1.03 bits per heavy atom. The minimum Gasteiger partial charge on any atom is -0.481 e.